The molecule has 8 bridgehead atoms. The largest absolute Gasteiger partial charge is 0.355 e. The van der Waals surface area contributed by atoms with Gasteiger partial charge < -0.3 is 9.97 Å². The molecule has 3 aliphatic heterocycles. The Bertz CT molecular complexity index is 1950. The van der Waals surface area contributed by atoms with Gasteiger partial charge in [0, 0.05) is 51.5 Å². The standard InChI is InChI=1S/C32H22N6S/c39-19-34-22-3-1-20(2-4-22)31-27-9-5-23(35-27)17-25-7-11-29(37-25)32(21-13-15-33-16-14-21)30-12-8-26(38-30)18-24-6-10-28(31)36-24/h1-13,15-18,21,35,38H,14H2. The van der Waals surface area contributed by atoms with Gasteiger partial charge in [0.1, 0.15) is 0 Å². The summed E-state index contributed by atoms with van der Waals surface area (Å²) in [7, 11) is 0. The van der Waals surface area contributed by atoms with Gasteiger partial charge in [-0.2, -0.15) is 4.99 Å². The second-order valence-corrected chi connectivity index (χ2v) is 9.69. The molecule has 0 saturated heterocycles. The van der Waals surface area contributed by atoms with E-state index in [1.807, 2.05) is 42.8 Å². The fourth-order valence-corrected chi connectivity index (χ4v) is 5.33. The molecule has 6 heterocycles. The summed E-state index contributed by atoms with van der Waals surface area (Å²) in [5.74, 6) is 0.189. The number of nitrogens with one attached hydrogen (secondary N) is 2. The summed E-state index contributed by atoms with van der Waals surface area (Å²) in [6.45, 7) is 0. The zero-order chi connectivity index (χ0) is 26.2. The van der Waals surface area contributed by atoms with Crippen molar-refractivity contribution in [1.82, 2.24) is 19.9 Å². The van der Waals surface area contributed by atoms with Crippen LogP contribution >= 0.6 is 12.2 Å². The van der Waals surface area contributed by atoms with Crippen molar-refractivity contribution in [3.05, 3.63) is 101 Å². The number of H-pyrrole nitrogens is 2. The minimum Gasteiger partial charge on any atom is -0.355 e. The SMILES string of the molecule is S=C=Nc1ccc(-c2c3nc(cc4ccc([nH]4)c(C4C=CN=CC4)c4nc(cc5ccc2[nH]5)C=C4)C=C3)cc1. The Morgan fingerprint density at radius 3 is 2.21 bits per heavy atom. The van der Waals surface area contributed by atoms with E-state index in [4.69, 9.17) is 22.2 Å². The van der Waals surface area contributed by atoms with Gasteiger partial charge in [-0.25, -0.2) is 9.97 Å². The molecule has 2 N–H and O–H groups in total. The molecule has 0 saturated carbocycles. The van der Waals surface area contributed by atoms with Crippen molar-refractivity contribution in [3.8, 4) is 11.1 Å². The van der Waals surface area contributed by atoms with E-state index >= 15 is 0 Å². The third-order valence-electron chi connectivity index (χ3n) is 7.01. The van der Waals surface area contributed by atoms with Crippen molar-refractivity contribution in [1.29, 1.82) is 0 Å². The predicted molar refractivity (Wildman–Crippen MR) is 164 cm³/mol. The highest BCUT2D eigenvalue weighted by atomic mass is 32.1. The highest BCUT2D eigenvalue weighted by Gasteiger charge is 2.18. The van der Waals surface area contributed by atoms with E-state index in [1.54, 1.807) is 0 Å². The molecule has 0 amide bonds. The number of nitrogens with zero attached hydrogens (tertiary/aromatic N) is 4. The number of aromatic amines is 2. The average Bonchev–Trinajstić information content (AvgIpc) is 3.77. The summed E-state index contributed by atoms with van der Waals surface area (Å²) in [5.41, 5.74) is 11.5. The van der Waals surface area contributed by atoms with Gasteiger partial charge in [-0.05, 0) is 97.0 Å². The van der Waals surface area contributed by atoms with E-state index in [1.165, 1.54) is 0 Å². The highest BCUT2D eigenvalue weighted by Crippen LogP contribution is 2.33. The van der Waals surface area contributed by atoms with Crippen LogP contribution in [0.25, 0.3) is 57.5 Å². The topological polar surface area (TPSA) is 82.1 Å². The number of benzene rings is 1. The molecule has 7 rings (SSSR count). The first-order chi connectivity index (χ1) is 19.2. The van der Waals surface area contributed by atoms with Crippen molar-refractivity contribution in [2.45, 2.75) is 12.3 Å². The summed E-state index contributed by atoms with van der Waals surface area (Å²) >= 11 is 4.76. The van der Waals surface area contributed by atoms with E-state index in [0.29, 0.717) is 0 Å². The van der Waals surface area contributed by atoms with Crippen molar-refractivity contribution in [2.24, 2.45) is 9.98 Å². The Labute approximate surface area is 230 Å². The molecule has 3 aliphatic rings. The lowest BCUT2D eigenvalue weighted by atomic mass is 9.93. The van der Waals surface area contributed by atoms with Gasteiger partial charge in [-0.3, -0.25) is 4.99 Å². The lowest BCUT2D eigenvalue weighted by Crippen LogP contribution is -2.02. The average molecular weight is 523 g/mol. The maximum Gasteiger partial charge on any atom is 0.0739 e. The number of fused-ring (bicyclic) bond motifs is 8. The molecule has 6 nitrogen and oxygen atoms in total. The monoisotopic (exact) mass is 522 g/mol. The molecule has 186 valence electrons. The summed E-state index contributed by atoms with van der Waals surface area (Å²) in [5, 5.41) is 2.43. The van der Waals surface area contributed by atoms with Crippen LogP contribution in [-0.4, -0.2) is 31.3 Å². The minimum atomic E-state index is 0.189. The molecule has 1 aromatic carbocycles. The summed E-state index contributed by atoms with van der Waals surface area (Å²) in [4.78, 5) is 25.6. The lowest BCUT2D eigenvalue weighted by Gasteiger charge is -2.14. The molecule has 0 radical (unpaired) electrons. The Balaban J connectivity index is 1.51. The number of hydrogen-bond donors (Lipinski definition) is 2. The van der Waals surface area contributed by atoms with Crippen molar-refractivity contribution >= 4 is 75.7 Å². The van der Waals surface area contributed by atoms with Crippen LogP contribution in [0.2, 0.25) is 0 Å². The molecular formula is C32H22N6S. The Morgan fingerprint density at radius 2 is 1.49 bits per heavy atom. The second kappa shape index (κ2) is 9.72. The van der Waals surface area contributed by atoms with E-state index in [2.05, 4.69) is 85.8 Å². The first-order valence-corrected chi connectivity index (χ1v) is 13.1. The van der Waals surface area contributed by atoms with Gasteiger partial charge in [0.15, 0.2) is 0 Å². The van der Waals surface area contributed by atoms with E-state index in [-0.39, 0.29) is 5.92 Å². The molecule has 7 heteroatoms. The number of thiocarbonyl (C=S) groups is 1. The number of hydrogen-bond acceptors (Lipinski definition) is 5. The summed E-state index contributed by atoms with van der Waals surface area (Å²) in [6.07, 6.45) is 15.1. The molecule has 3 aromatic heterocycles. The quantitative estimate of drug-likeness (QED) is 0.182. The van der Waals surface area contributed by atoms with Gasteiger partial charge >= 0.3 is 0 Å². The molecule has 1 atom stereocenters. The van der Waals surface area contributed by atoms with E-state index < -0.39 is 0 Å². The third-order valence-corrected chi connectivity index (χ3v) is 7.10. The Morgan fingerprint density at radius 1 is 0.795 bits per heavy atom. The maximum absolute atomic E-state index is 5.01. The van der Waals surface area contributed by atoms with Crippen LogP contribution in [0.1, 0.15) is 40.7 Å². The zero-order valence-corrected chi connectivity index (χ0v) is 21.6. The van der Waals surface area contributed by atoms with Crippen molar-refractivity contribution in [3.63, 3.8) is 0 Å². The van der Waals surface area contributed by atoms with Crippen LogP contribution in [0.4, 0.5) is 5.69 Å². The predicted octanol–water partition coefficient (Wildman–Crippen LogP) is 8.13. The van der Waals surface area contributed by atoms with Crippen LogP contribution in [-0.2, 0) is 0 Å². The zero-order valence-electron chi connectivity index (χ0n) is 20.8. The van der Waals surface area contributed by atoms with E-state index in [9.17, 15) is 0 Å². The number of rotatable bonds is 3. The van der Waals surface area contributed by atoms with E-state index in [0.717, 1.165) is 73.6 Å². The van der Waals surface area contributed by atoms with Crippen LogP contribution in [0.15, 0.2) is 82.9 Å². The van der Waals surface area contributed by atoms with Crippen LogP contribution in [0.3, 0.4) is 0 Å². The van der Waals surface area contributed by atoms with Gasteiger partial charge in [0.05, 0.1) is 33.6 Å². The van der Waals surface area contributed by atoms with Crippen molar-refractivity contribution < 1.29 is 0 Å². The van der Waals surface area contributed by atoms with Crippen molar-refractivity contribution in [2.75, 3.05) is 0 Å². The van der Waals surface area contributed by atoms with Crippen LogP contribution in [0.5, 0.6) is 0 Å². The van der Waals surface area contributed by atoms with Gasteiger partial charge in [-0.15, -0.1) is 0 Å². The number of isothiocyanates is 1. The smallest absolute Gasteiger partial charge is 0.0739 e. The van der Waals surface area contributed by atoms with Crippen LogP contribution < -0.4 is 0 Å². The molecule has 0 aliphatic carbocycles. The molecular weight excluding hydrogens is 500 g/mol. The first kappa shape index (κ1) is 23.2. The van der Waals surface area contributed by atoms with Gasteiger partial charge in [0.25, 0.3) is 0 Å². The molecule has 39 heavy (non-hydrogen) atoms. The minimum absolute atomic E-state index is 0.189. The highest BCUT2D eigenvalue weighted by molar-refractivity contribution is 7.78. The first-order valence-electron chi connectivity index (χ1n) is 12.7. The van der Waals surface area contributed by atoms with Crippen LogP contribution in [0, 0.1) is 0 Å². The van der Waals surface area contributed by atoms with Gasteiger partial charge in [0.2, 0.25) is 0 Å². The Hall–Kier alpha value is -4.97. The molecule has 0 spiro atoms. The summed E-state index contributed by atoms with van der Waals surface area (Å²) < 4.78 is 0. The second-order valence-electron chi connectivity index (χ2n) is 9.51. The number of aromatic nitrogens is 4. The fraction of sp³-hybridized carbons (Fsp3) is 0.0625. The maximum atomic E-state index is 5.01. The fourth-order valence-electron chi connectivity index (χ4n) is 5.23. The lowest BCUT2D eigenvalue weighted by molar-refractivity contribution is 0.884. The third kappa shape index (κ3) is 4.50. The number of allylic oxidation sites excluding steroid dienone is 1. The number of aliphatic imine (C=N–C) groups is 2. The normalized spacial score (nSPS) is 15.4. The summed E-state index contributed by atoms with van der Waals surface area (Å²) in [6, 6.07) is 20.5. The van der Waals surface area contributed by atoms with Gasteiger partial charge in [-0.1, -0.05) is 18.2 Å². The molecule has 1 unspecified atom stereocenters. The molecule has 4 aromatic rings. The molecule has 0 fully saturated rings. The Kier molecular flexibility index (Phi) is 5.78.